The summed E-state index contributed by atoms with van der Waals surface area (Å²) in [6.07, 6.45) is 1.51. The van der Waals surface area contributed by atoms with E-state index in [1.54, 1.807) is 4.90 Å². The second-order valence-electron chi connectivity index (χ2n) is 6.44. The molecule has 0 bridgehead atoms. The molecule has 0 atom stereocenters. The number of rotatable bonds is 6. The lowest BCUT2D eigenvalue weighted by molar-refractivity contribution is -0.140. The number of ether oxygens (including phenoxy) is 1. The van der Waals surface area contributed by atoms with Crippen LogP contribution in [0.25, 0.3) is 0 Å². The quantitative estimate of drug-likeness (QED) is 0.742. The van der Waals surface area contributed by atoms with Crippen molar-refractivity contribution >= 4 is 27.7 Å². The Labute approximate surface area is 152 Å². The maximum absolute atomic E-state index is 12.2. The minimum Gasteiger partial charge on any atom is -0.484 e. The summed E-state index contributed by atoms with van der Waals surface area (Å²) in [5.74, 6) is 1.37. The molecule has 0 radical (unpaired) electrons. The van der Waals surface area contributed by atoms with Gasteiger partial charge in [-0.05, 0) is 36.6 Å². The Kier molecular flexibility index (Phi) is 7.09. The van der Waals surface area contributed by atoms with E-state index in [-0.39, 0.29) is 18.4 Å². The molecular formula is C18H25BrN2O3. The highest BCUT2D eigenvalue weighted by Crippen LogP contribution is 2.16. The van der Waals surface area contributed by atoms with Crippen molar-refractivity contribution in [1.29, 1.82) is 0 Å². The summed E-state index contributed by atoms with van der Waals surface area (Å²) in [5.41, 5.74) is 0. The predicted molar refractivity (Wildman–Crippen MR) is 96.9 cm³/mol. The minimum atomic E-state index is -0.0350. The molecule has 132 valence electrons. The molecule has 1 aromatic carbocycles. The Morgan fingerprint density at radius 1 is 1.04 bits per heavy atom. The van der Waals surface area contributed by atoms with E-state index in [2.05, 4.69) is 29.8 Å². The van der Waals surface area contributed by atoms with Gasteiger partial charge in [0.1, 0.15) is 5.75 Å². The van der Waals surface area contributed by atoms with Crippen molar-refractivity contribution in [2.75, 3.05) is 32.8 Å². The Balaban J connectivity index is 1.72. The summed E-state index contributed by atoms with van der Waals surface area (Å²) >= 11 is 3.36. The van der Waals surface area contributed by atoms with Gasteiger partial charge < -0.3 is 14.5 Å². The van der Waals surface area contributed by atoms with Crippen molar-refractivity contribution in [1.82, 2.24) is 9.80 Å². The maximum atomic E-state index is 12.2. The third kappa shape index (κ3) is 5.82. The molecular weight excluding hydrogens is 372 g/mol. The number of nitrogens with zero attached hydrogens (tertiary/aromatic N) is 2. The number of hydrogen-bond donors (Lipinski definition) is 0. The molecule has 0 aliphatic carbocycles. The van der Waals surface area contributed by atoms with Crippen molar-refractivity contribution in [3.8, 4) is 5.75 Å². The van der Waals surface area contributed by atoms with Crippen LogP contribution in [0.3, 0.4) is 0 Å². The van der Waals surface area contributed by atoms with Crippen LogP contribution in [-0.4, -0.2) is 54.4 Å². The number of carbonyl (C=O) groups excluding carboxylic acids is 2. The van der Waals surface area contributed by atoms with Crippen LogP contribution in [0.2, 0.25) is 0 Å². The molecule has 0 spiro atoms. The van der Waals surface area contributed by atoms with Crippen LogP contribution in [0.1, 0.15) is 26.7 Å². The largest absolute Gasteiger partial charge is 0.484 e. The van der Waals surface area contributed by atoms with E-state index in [1.807, 2.05) is 29.2 Å². The second kappa shape index (κ2) is 9.06. The van der Waals surface area contributed by atoms with E-state index < -0.39 is 0 Å². The molecule has 0 saturated carbocycles. The average Bonchev–Trinajstić information content (AvgIpc) is 2.59. The Morgan fingerprint density at radius 2 is 1.58 bits per heavy atom. The van der Waals surface area contributed by atoms with Gasteiger partial charge in [-0.1, -0.05) is 29.8 Å². The van der Waals surface area contributed by atoms with Crippen molar-refractivity contribution in [2.45, 2.75) is 26.7 Å². The molecule has 6 heteroatoms. The van der Waals surface area contributed by atoms with Gasteiger partial charge in [0.05, 0.1) is 0 Å². The molecule has 1 aliphatic rings. The first-order chi connectivity index (χ1) is 11.5. The summed E-state index contributed by atoms with van der Waals surface area (Å²) in [5, 5.41) is 0. The number of halogens is 1. The first-order valence-electron chi connectivity index (χ1n) is 8.39. The van der Waals surface area contributed by atoms with Crippen molar-refractivity contribution in [3.63, 3.8) is 0 Å². The SMILES string of the molecule is CC(C)CCC(=O)N1CCN(C(=O)COc2ccc(Br)cc2)CC1. The van der Waals surface area contributed by atoms with Gasteiger partial charge in [0.2, 0.25) is 5.91 Å². The van der Waals surface area contributed by atoms with E-state index >= 15 is 0 Å². The third-order valence-corrected chi connectivity index (χ3v) is 4.63. The van der Waals surface area contributed by atoms with Crippen molar-refractivity contribution in [3.05, 3.63) is 28.7 Å². The number of hydrogen-bond acceptors (Lipinski definition) is 3. The van der Waals surface area contributed by atoms with Gasteiger partial charge in [-0.25, -0.2) is 0 Å². The topological polar surface area (TPSA) is 49.9 Å². The van der Waals surface area contributed by atoms with Gasteiger partial charge in [-0.2, -0.15) is 0 Å². The summed E-state index contributed by atoms with van der Waals surface area (Å²) in [4.78, 5) is 28.0. The molecule has 24 heavy (non-hydrogen) atoms. The molecule has 0 aromatic heterocycles. The highest BCUT2D eigenvalue weighted by molar-refractivity contribution is 9.10. The standard InChI is InChI=1S/C18H25BrN2O3/c1-14(2)3-8-17(22)20-9-11-21(12-10-20)18(23)13-24-16-6-4-15(19)5-7-16/h4-7,14H,3,8-13H2,1-2H3. The Morgan fingerprint density at radius 3 is 2.12 bits per heavy atom. The van der Waals surface area contributed by atoms with Crippen LogP contribution in [0, 0.1) is 5.92 Å². The molecule has 1 fully saturated rings. The fourth-order valence-corrected chi connectivity index (χ4v) is 2.81. The third-order valence-electron chi connectivity index (χ3n) is 4.10. The lowest BCUT2D eigenvalue weighted by Gasteiger charge is -2.34. The zero-order valence-corrected chi connectivity index (χ0v) is 15.9. The Hall–Kier alpha value is -1.56. The van der Waals surface area contributed by atoms with Gasteiger partial charge in [0.25, 0.3) is 5.91 Å². The van der Waals surface area contributed by atoms with E-state index in [9.17, 15) is 9.59 Å². The molecule has 0 N–H and O–H groups in total. The van der Waals surface area contributed by atoms with Crippen LogP contribution in [0.5, 0.6) is 5.75 Å². The molecule has 0 unspecified atom stereocenters. The summed E-state index contributed by atoms with van der Waals surface area (Å²) in [7, 11) is 0. The van der Waals surface area contributed by atoms with Gasteiger partial charge >= 0.3 is 0 Å². The summed E-state index contributed by atoms with van der Waals surface area (Å²) in [6, 6.07) is 7.40. The van der Waals surface area contributed by atoms with Crippen LogP contribution in [-0.2, 0) is 9.59 Å². The van der Waals surface area contributed by atoms with Crippen LogP contribution in [0.15, 0.2) is 28.7 Å². The summed E-state index contributed by atoms with van der Waals surface area (Å²) in [6.45, 7) is 6.65. The second-order valence-corrected chi connectivity index (χ2v) is 7.35. The molecule has 1 heterocycles. The molecule has 1 aromatic rings. The molecule has 5 nitrogen and oxygen atoms in total. The molecule has 2 rings (SSSR count). The lowest BCUT2D eigenvalue weighted by Crippen LogP contribution is -2.51. The zero-order chi connectivity index (χ0) is 17.5. The number of carbonyl (C=O) groups is 2. The highest BCUT2D eigenvalue weighted by atomic mass is 79.9. The lowest BCUT2D eigenvalue weighted by atomic mass is 10.1. The van der Waals surface area contributed by atoms with Crippen molar-refractivity contribution < 1.29 is 14.3 Å². The van der Waals surface area contributed by atoms with Gasteiger partial charge in [-0.3, -0.25) is 9.59 Å². The van der Waals surface area contributed by atoms with E-state index in [0.717, 1.165) is 10.9 Å². The van der Waals surface area contributed by atoms with E-state index in [4.69, 9.17) is 4.74 Å². The Bertz CT molecular complexity index is 552. The van der Waals surface area contributed by atoms with Gasteiger partial charge in [0, 0.05) is 37.1 Å². The molecule has 1 aliphatic heterocycles. The highest BCUT2D eigenvalue weighted by Gasteiger charge is 2.24. The maximum Gasteiger partial charge on any atom is 0.260 e. The van der Waals surface area contributed by atoms with Crippen molar-refractivity contribution in [2.24, 2.45) is 5.92 Å². The normalized spacial score (nSPS) is 14.8. The first-order valence-corrected chi connectivity index (χ1v) is 9.19. The smallest absolute Gasteiger partial charge is 0.260 e. The van der Waals surface area contributed by atoms with Gasteiger partial charge in [-0.15, -0.1) is 0 Å². The van der Waals surface area contributed by atoms with E-state index in [1.165, 1.54) is 0 Å². The minimum absolute atomic E-state index is 0.0307. The zero-order valence-electron chi connectivity index (χ0n) is 14.3. The predicted octanol–water partition coefficient (Wildman–Crippen LogP) is 2.93. The fraction of sp³-hybridized carbons (Fsp3) is 0.556. The van der Waals surface area contributed by atoms with Crippen LogP contribution >= 0.6 is 15.9 Å². The number of piperazine rings is 1. The number of amides is 2. The summed E-state index contributed by atoms with van der Waals surface area (Å²) < 4.78 is 6.49. The fourth-order valence-electron chi connectivity index (χ4n) is 2.54. The van der Waals surface area contributed by atoms with Crippen LogP contribution < -0.4 is 4.74 Å². The monoisotopic (exact) mass is 396 g/mol. The molecule has 2 amide bonds. The first kappa shape index (κ1) is 18.8. The van der Waals surface area contributed by atoms with Gasteiger partial charge in [0.15, 0.2) is 6.61 Å². The number of benzene rings is 1. The molecule has 1 saturated heterocycles. The van der Waals surface area contributed by atoms with Crippen LogP contribution in [0.4, 0.5) is 0 Å². The van der Waals surface area contributed by atoms with E-state index in [0.29, 0.717) is 44.3 Å². The average molecular weight is 397 g/mol.